The van der Waals surface area contributed by atoms with Gasteiger partial charge in [0, 0.05) is 5.69 Å². The number of carboxylic acids is 1. The summed E-state index contributed by atoms with van der Waals surface area (Å²) in [7, 11) is -3.40. The molecule has 0 aromatic heterocycles. The molecule has 5 nitrogen and oxygen atoms in total. The largest absolute Gasteiger partial charge is 0.478 e. The van der Waals surface area contributed by atoms with Crippen LogP contribution in [0, 0.1) is 6.92 Å². The Bertz CT molecular complexity index is 534. The van der Waals surface area contributed by atoms with Crippen molar-refractivity contribution in [2.24, 2.45) is 0 Å². The molecule has 0 heterocycles. The van der Waals surface area contributed by atoms with Gasteiger partial charge in [-0.15, -0.1) is 0 Å². The Labute approximate surface area is 101 Å². The molecule has 0 spiro atoms. The van der Waals surface area contributed by atoms with Crippen LogP contribution in [-0.4, -0.2) is 24.7 Å². The zero-order valence-corrected chi connectivity index (χ0v) is 10.7. The normalized spacial score (nSPS) is 11.5. The highest BCUT2D eigenvalue weighted by atomic mass is 32.2. The van der Waals surface area contributed by atoms with Crippen LogP contribution in [0.5, 0.6) is 0 Å². The van der Waals surface area contributed by atoms with E-state index in [1.165, 1.54) is 18.2 Å². The topological polar surface area (TPSA) is 83.5 Å². The van der Waals surface area contributed by atoms with E-state index in [0.29, 0.717) is 11.3 Å². The maximum absolute atomic E-state index is 11.6. The third-order valence-corrected chi connectivity index (χ3v) is 4.10. The Hall–Kier alpha value is -1.56. The van der Waals surface area contributed by atoms with Gasteiger partial charge in [0.15, 0.2) is 0 Å². The molecule has 0 saturated heterocycles. The van der Waals surface area contributed by atoms with Gasteiger partial charge in [0.1, 0.15) is 0 Å². The van der Waals surface area contributed by atoms with Crippen LogP contribution in [0.25, 0.3) is 0 Å². The van der Waals surface area contributed by atoms with E-state index >= 15 is 0 Å². The number of rotatable bonds is 4. The third kappa shape index (κ3) is 3.20. The lowest BCUT2D eigenvalue weighted by atomic mass is 10.1. The number of aryl methyl sites for hydroxylation is 1. The molecule has 0 atom stereocenters. The van der Waals surface area contributed by atoms with Crippen molar-refractivity contribution in [1.82, 2.24) is 0 Å². The van der Waals surface area contributed by atoms with E-state index in [1.807, 2.05) is 0 Å². The van der Waals surface area contributed by atoms with E-state index in [1.54, 1.807) is 20.8 Å². The Balaban J connectivity index is 3.04. The number of anilines is 1. The monoisotopic (exact) mass is 257 g/mol. The minimum Gasteiger partial charge on any atom is -0.478 e. The minimum atomic E-state index is -3.40. The van der Waals surface area contributed by atoms with Gasteiger partial charge in [-0.1, -0.05) is 0 Å². The summed E-state index contributed by atoms with van der Waals surface area (Å²) >= 11 is 0. The van der Waals surface area contributed by atoms with Crippen molar-refractivity contribution >= 4 is 21.7 Å². The molecule has 17 heavy (non-hydrogen) atoms. The van der Waals surface area contributed by atoms with Crippen molar-refractivity contribution in [2.75, 3.05) is 4.72 Å². The van der Waals surface area contributed by atoms with Gasteiger partial charge in [-0.25, -0.2) is 13.2 Å². The number of aromatic carboxylic acids is 1. The van der Waals surface area contributed by atoms with Crippen LogP contribution < -0.4 is 4.72 Å². The van der Waals surface area contributed by atoms with Crippen molar-refractivity contribution in [2.45, 2.75) is 26.0 Å². The zero-order chi connectivity index (χ0) is 13.2. The lowest BCUT2D eigenvalue weighted by molar-refractivity contribution is 0.0696. The highest BCUT2D eigenvalue weighted by Gasteiger charge is 2.16. The second-order valence-corrected chi connectivity index (χ2v) is 6.27. The predicted molar refractivity (Wildman–Crippen MR) is 65.8 cm³/mol. The Kier molecular flexibility index (Phi) is 3.77. The summed E-state index contributed by atoms with van der Waals surface area (Å²) in [5.74, 6) is -1.03. The molecule has 0 bridgehead atoms. The third-order valence-electron chi connectivity index (χ3n) is 2.34. The predicted octanol–water partition coefficient (Wildman–Crippen LogP) is 1.84. The smallest absolute Gasteiger partial charge is 0.335 e. The molecule has 6 heteroatoms. The molecule has 0 fully saturated rings. The Morgan fingerprint density at radius 1 is 1.35 bits per heavy atom. The number of nitrogens with one attached hydrogen (secondary N) is 1. The van der Waals surface area contributed by atoms with Crippen molar-refractivity contribution in [3.8, 4) is 0 Å². The molecule has 0 aliphatic heterocycles. The van der Waals surface area contributed by atoms with Crippen molar-refractivity contribution in [3.63, 3.8) is 0 Å². The molecule has 0 aliphatic carbocycles. The quantitative estimate of drug-likeness (QED) is 0.862. The lowest BCUT2D eigenvalue weighted by Gasteiger charge is -2.11. The maximum Gasteiger partial charge on any atom is 0.335 e. The van der Waals surface area contributed by atoms with Crippen molar-refractivity contribution in [1.29, 1.82) is 0 Å². The highest BCUT2D eigenvalue weighted by Crippen LogP contribution is 2.17. The zero-order valence-electron chi connectivity index (χ0n) is 9.89. The fourth-order valence-corrected chi connectivity index (χ4v) is 1.94. The van der Waals surface area contributed by atoms with Gasteiger partial charge in [0.2, 0.25) is 10.0 Å². The lowest BCUT2D eigenvalue weighted by Crippen LogP contribution is -2.22. The molecule has 0 aliphatic rings. The molecule has 1 aromatic rings. The maximum atomic E-state index is 11.6. The fourth-order valence-electron chi connectivity index (χ4n) is 1.25. The number of carboxylic acid groups (broad SMARTS) is 1. The number of hydrogen-bond donors (Lipinski definition) is 2. The average molecular weight is 257 g/mol. The molecule has 0 radical (unpaired) electrons. The van der Waals surface area contributed by atoms with Gasteiger partial charge >= 0.3 is 5.97 Å². The summed E-state index contributed by atoms with van der Waals surface area (Å²) in [6.07, 6.45) is 0. The van der Waals surface area contributed by atoms with Crippen molar-refractivity contribution in [3.05, 3.63) is 29.3 Å². The number of hydrogen-bond acceptors (Lipinski definition) is 3. The van der Waals surface area contributed by atoms with Gasteiger partial charge in [-0.2, -0.15) is 0 Å². The number of carbonyl (C=O) groups is 1. The summed E-state index contributed by atoms with van der Waals surface area (Å²) in [5, 5.41) is 8.30. The first-order valence-electron chi connectivity index (χ1n) is 5.09. The summed E-state index contributed by atoms with van der Waals surface area (Å²) in [5.41, 5.74) is 1.06. The van der Waals surface area contributed by atoms with Crippen LogP contribution in [0.3, 0.4) is 0 Å². The number of benzene rings is 1. The van der Waals surface area contributed by atoms with Gasteiger partial charge < -0.3 is 5.11 Å². The summed E-state index contributed by atoms with van der Waals surface area (Å²) in [4.78, 5) is 10.8. The second-order valence-electron chi connectivity index (χ2n) is 4.03. The molecule has 0 unspecified atom stereocenters. The fraction of sp³-hybridized carbons (Fsp3) is 0.364. The van der Waals surface area contributed by atoms with Crippen LogP contribution in [0.15, 0.2) is 18.2 Å². The molecule has 0 amide bonds. The molecule has 1 rings (SSSR count). The summed E-state index contributed by atoms with van der Waals surface area (Å²) in [6, 6.07) is 4.33. The van der Waals surface area contributed by atoms with Crippen LogP contribution >= 0.6 is 0 Å². The van der Waals surface area contributed by atoms with Gasteiger partial charge in [0.05, 0.1) is 10.8 Å². The highest BCUT2D eigenvalue weighted by molar-refractivity contribution is 7.93. The first-order chi connectivity index (χ1) is 7.74. The molecule has 0 saturated carbocycles. The number of sulfonamides is 1. The van der Waals surface area contributed by atoms with E-state index in [9.17, 15) is 13.2 Å². The van der Waals surface area contributed by atoms with Gasteiger partial charge in [-0.3, -0.25) is 4.72 Å². The first kappa shape index (κ1) is 13.5. The van der Waals surface area contributed by atoms with Crippen LogP contribution in [0.2, 0.25) is 0 Å². The van der Waals surface area contributed by atoms with Gasteiger partial charge in [-0.05, 0) is 44.5 Å². The molecular weight excluding hydrogens is 242 g/mol. The van der Waals surface area contributed by atoms with E-state index in [4.69, 9.17) is 5.11 Å². The molecule has 2 N–H and O–H groups in total. The van der Waals surface area contributed by atoms with E-state index in [2.05, 4.69) is 4.72 Å². The average Bonchev–Trinajstić information content (AvgIpc) is 2.15. The van der Waals surface area contributed by atoms with E-state index in [0.717, 1.165) is 0 Å². The van der Waals surface area contributed by atoms with Crippen LogP contribution in [0.1, 0.15) is 29.8 Å². The Morgan fingerprint density at radius 3 is 2.35 bits per heavy atom. The van der Waals surface area contributed by atoms with Crippen LogP contribution in [0.4, 0.5) is 5.69 Å². The van der Waals surface area contributed by atoms with Crippen LogP contribution in [-0.2, 0) is 10.0 Å². The SMILES string of the molecule is Cc1cc(NS(=O)(=O)C(C)C)ccc1C(=O)O. The second kappa shape index (κ2) is 4.75. The van der Waals surface area contributed by atoms with Crippen molar-refractivity contribution < 1.29 is 18.3 Å². The standard InChI is InChI=1S/C11H15NO4S/c1-7(2)17(15,16)12-9-4-5-10(11(13)14)8(3)6-9/h4-7,12H,1-3H3,(H,13,14). The van der Waals surface area contributed by atoms with E-state index < -0.39 is 21.2 Å². The summed E-state index contributed by atoms with van der Waals surface area (Å²) in [6.45, 7) is 4.76. The first-order valence-corrected chi connectivity index (χ1v) is 6.64. The molecule has 1 aromatic carbocycles. The Morgan fingerprint density at radius 2 is 1.94 bits per heavy atom. The minimum absolute atomic E-state index is 0.164. The van der Waals surface area contributed by atoms with Gasteiger partial charge in [0.25, 0.3) is 0 Å². The molecule has 94 valence electrons. The molecular formula is C11H15NO4S. The summed E-state index contributed by atoms with van der Waals surface area (Å²) < 4.78 is 25.6. The van der Waals surface area contributed by atoms with E-state index in [-0.39, 0.29) is 5.56 Å².